The minimum absolute atomic E-state index is 0.0890. The fourth-order valence-corrected chi connectivity index (χ4v) is 8.39. The van der Waals surface area contributed by atoms with E-state index in [2.05, 4.69) is 21.0 Å². The molecule has 4 N–H and O–H groups in total. The van der Waals surface area contributed by atoms with Crippen molar-refractivity contribution < 1.29 is 57.0 Å². The standard InChI is InChI=1S/C42H58N5O12P/c1-7-58-60(52,26-53-5)27-57-31-17-13-28(14-18-31)22-34(44-41(51)59-36-25-56-39-32(36)19-21-55-39)35(48)24-47(46-38(49)37(42(2,3)4)45-40(50)54-6)23-29-11-15-30(16-12-29)33-10-8-9-20-43-33/h8-18,20,32,34-37,39,48H,7,19,21-27H2,1-6H3,(H,44,51)(H,45,50)(H,46,49)/t32-,34-,35-,36-,37?,39+,60?/m0/s1. The zero-order valence-electron chi connectivity index (χ0n) is 35.0. The quantitative estimate of drug-likeness (QED) is 0.0866. The van der Waals surface area contributed by atoms with E-state index >= 15 is 0 Å². The first kappa shape index (κ1) is 46.5. The normalized spacial score (nSPS) is 20.0. The maximum atomic E-state index is 13.9. The van der Waals surface area contributed by atoms with Crippen LogP contribution in [0.25, 0.3) is 11.3 Å². The number of hydrogen-bond donors (Lipinski definition) is 4. The van der Waals surface area contributed by atoms with Crippen LogP contribution in [0.2, 0.25) is 0 Å². The number of ether oxygens (including phenoxy) is 6. The van der Waals surface area contributed by atoms with Crippen LogP contribution in [0.4, 0.5) is 9.59 Å². The summed E-state index contributed by atoms with van der Waals surface area (Å²) in [4.78, 5) is 44.2. The molecule has 0 radical (unpaired) electrons. The van der Waals surface area contributed by atoms with Crippen molar-refractivity contribution in [3.63, 3.8) is 0 Å². The van der Waals surface area contributed by atoms with Gasteiger partial charge in [0.05, 0.1) is 50.7 Å². The molecule has 0 bridgehead atoms. The summed E-state index contributed by atoms with van der Waals surface area (Å²) in [5.74, 6) is -0.206. The Kier molecular flexibility index (Phi) is 16.9. The first-order valence-corrected chi connectivity index (χ1v) is 21.9. The maximum Gasteiger partial charge on any atom is 0.407 e. The third-order valence-electron chi connectivity index (χ3n) is 10.0. The van der Waals surface area contributed by atoms with Crippen molar-refractivity contribution in [3.05, 3.63) is 84.1 Å². The number of fused-ring (bicyclic) bond motifs is 1. The van der Waals surface area contributed by atoms with Gasteiger partial charge in [-0.2, -0.15) is 0 Å². The molecule has 60 heavy (non-hydrogen) atoms. The van der Waals surface area contributed by atoms with Crippen molar-refractivity contribution in [1.82, 2.24) is 26.1 Å². The Bertz CT molecular complexity index is 1870. The maximum absolute atomic E-state index is 13.9. The molecule has 2 aromatic carbocycles. The number of nitrogens with zero attached hydrogens (tertiary/aromatic N) is 2. The minimum Gasteiger partial charge on any atom is -0.483 e. The van der Waals surface area contributed by atoms with Gasteiger partial charge in [-0.05, 0) is 60.6 Å². The third kappa shape index (κ3) is 13.4. The van der Waals surface area contributed by atoms with Crippen molar-refractivity contribution in [2.24, 2.45) is 11.3 Å². The van der Waals surface area contributed by atoms with Gasteiger partial charge in [0.2, 0.25) is 0 Å². The number of hydrazine groups is 1. The molecule has 3 aromatic rings. The molecule has 2 unspecified atom stereocenters. The van der Waals surface area contributed by atoms with Crippen LogP contribution >= 0.6 is 7.37 Å². The highest BCUT2D eigenvalue weighted by molar-refractivity contribution is 7.58. The van der Waals surface area contributed by atoms with Crippen molar-refractivity contribution >= 4 is 25.5 Å². The van der Waals surface area contributed by atoms with Gasteiger partial charge in [-0.1, -0.05) is 63.2 Å². The Labute approximate surface area is 351 Å². The highest BCUT2D eigenvalue weighted by Crippen LogP contribution is 2.46. The Hall–Kier alpha value is -4.61. The molecule has 3 amide bonds. The lowest BCUT2D eigenvalue weighted by Crippen LogP contribution is -2.59. The van der Waals surface area contributed by atoms with E-state index in [1.165, 1.54) is 14.2 Å². The molecule has 2 aliphatic heterocycles. The van der Waals surface area contributed by atoms with Gasteiger partial charge in [0.15, 0.2) is 12.6 Å². The second-order valence-corrected chi connectivity index (χ2v) is 18.2. The van der Waals surface area contributed by atoms with Gasteiger partial charge in [-0.3, -0.25) is 19.8 Å². The van der Waals surface area contributed by atoms with E-state index < -0.39 is 61.5 Å². The SMILES string of the molecule is CCOP(=O)(COC)COc1ccc(C[C@H](NC(=O)O[C@H]2CO[C@H]3OCC[C@H]32)[C@@H](O)CN(Cc2ccc(-c3ccccn3)cc2)NC(=O)C(NC(=O)OC)C(C)(C)C)cc1. The van der Waals surface area contributed by atoms with Crippen molar-refractivity contribution in [3.8, 4) is 17.0 Å². The van der Waals surface area contributed by atoms with Crippen LogP contribution in [-0.2, 0) is 50.5 Å². The van der Waals surface area contributed by atoms with Crippen LogP contribution in [0, 0.1) is 11.3 Å². The Balaban J connectivity index is 1.37. The Morgan fingerprint density at radius 2 is 1.70 bits per heavy atom. The number of methoxy groups -OCH3 is 2. The molecule has 17 nitrogen and oxygen atoms in total. The van der Waals surface area contributed by atoms with E-state index in [1.54, 1.807) is 63.2 Å². The fourth-order valence-electron chi connectivity index (χ4n) is 6.96. The van der Waals surface area contributed by atoms with Gasteiger partial charge in [0.25, 0.3) is 13.3 Å². The highest BCUT2D eigenvalue weighted by atomic mass is 31.2. The number of alkyl carbamates (subject to hydrolysis) is 2. The van der Waals surface area contributed by atoms with Crippen LogP contribution in [0.1, 0.15) is 45.2 Å². The summed E-state index contributed by atoms with van der Waals surface area (Å²) in [7, 11) is -0.524. The summed E-state index contributed by atoms with van der Waals surface area (Å²) in [5.41, 5.74) is 5.38. The monoisotopic (exact) mass is 855 g/mol. The lowest BCUT2D eigenvalue weighted by Gasteiger charge is -2.34. The molecule has 3 heterocycles. The molecule has 2 aliphatic rings. The molecular weight excluding hydrogens is 797 g/mol. The highest BCUT2D eigenvalue weighted by Gasteiger charge is 2.44. The summed E-state index contributed by atoms with van der Waals surface area (Å²) < 4.78 is 51.2. The number of aliphatic hydroxyl groups excluding tert-OH is 1. The van der Waals surface area contributed by atoms with E-state index in [9.17, 15) is 24.1 Å². The average Bonchev–Trinajstić information content (AvgIpc) is 3.85. The summed E-state index contributed by atoms with van der Waals surface area (Å²) in [6.45, 7) is 8.06. The predicted octanol–water partition coefficient (Wildman–Crippen LogP) is 5.07. The number of aromatic nitrogens is 1. The van der Waals surface area contributed by atoms with Crippen LogP contribution in [0.5, 0.6) is 5.75 Å². The second-order valence-electron chi connectivity index (χ2n) is 15.8. The van der Waals surface area contributed by atoms with E-state index in [4.69, 9.17) is 32.9 Å². The number of benzene rings is 2. The first-order chi connectivity index (χ1) is 28.7. The molecule has 2 saturated heterocycles. The topological polar surface area (TPSA) is 205 Å². The number of pyridine rings is 1. The number of aliphatic hydroxyl groups is 1. The molecule has 5 rings (SSSR count). The van der Waals surface area contributed by atoms with Gasteiger partial charge in [-0.25, -0.2) is 14.6 Å². The van der Waals surface area contributed by atoms with Gasteiger partial charge in [0.1, 0.15) is 24.2 Å². The number of hydrogen-bond acceptors (Lipinski definition) is 14. The molecular formula is C42H58N5O12P. The van der Waals surface area contributed by atoms with Gasteiger partial charge >= 0.3 is 12.2 Å². The number of rotatable bonds is 20. The molecule has 18 heteroatoms. The molecule has 7 atom stereocenters. The van der Waals surface area contributed by atoms with Crippen LogP contribution in [0.3, 0.4) is 0 Å². The Morgan fingerprint density at radius 1 is 0.967 bits per heavy atom. The summed E-state index contributed by atoms with van der Waals surface area (Å²) in [5, 5.41) is 19.0. The van der Waals surface area contributed by atoms with Crippen molar-refractivity contribution in [2.45, 2.75) is 77.7 Å². The van der Waals surface area contributed by atoms with Gasteiger partial charge < -0.3 is 48.7 Å². The molecule has 0 spiro atoms. The van der Waals surface area contributed by atoms with Crippen LogP contribution in [-0.4, -0.2) is 117 Å². The second kappa shape index (κ2) is 21.8. The molecule has 1 aromatic heterocycles. The number of carbonyl (C=O) groups excluding carboxylic acids is 3. The lowest BCUT2D eigenvalue weighted by atomic mass is 9.86. The van der Waals surface area contributed by atoms with Crippen molar-refractivity contribution in [1.29, 1.82) is 0 Å². The molecule has 0 aliphatic carbocycles. The molecule has 328 valence electrons. The lowest BCUT2D eigenvalue weighted by molar-refractivity contribution is -0.131. The van der Waals surface area contributed by atoms with Crippen molar-refractivity contribution in [2.75, 3.05) is 53.3 Å². The number of amides is 3. The minimum atomic E-state index is -3.18. The Morgan fingerprint density at radius 3 is 2.35 bits per heavy atom. The molecule has 0 saturated carbocycles. The summed E-state index contributed by atoms with van der Waals surface area (Å²) >= 11 is 0. The zero-order chi connectivity index (χ0) is 43.3. The number of carbonyl (C=O) groups is 3. The third-order valence-corrected chi connectivity index (χ3v) is 12.0. The zero-order valence-corrected chi connectivity index (χ0v) is 35.9. The number of nitrogens with one attached hydrogen (secondary N) is 3. The van der Waals surface area contributed by atoms with Gasteiger partial charge in [0, 0.05) is 32.0 Å². The average molecular weight is 856 g/mol. The first-order valence-electron chi connectivity index (χ1n) is 19.9. The summed E-state index contributed by atoms with van der Waals surface area (Å²) in [6.07, 6.45) is -1.49. The van der Waals surface area contributed by atoms with E-state index in [1.807, 2.05) is 42.5 Å². The van der Waals surface area contributed by atoms with Gasteiger partial charge in [-0.15, -0.1) is 0 Å². The predicted molar refractivity (Wildman–Crippen MR) is 221 cm³/mol. The van der Waals surface area contributed by atoms with E-state index in [-0.39, 0.29) is 51.3 Å². The molecule has 2 fully saturated rings. The fraction of sp³-hybridized carbons (Fsp3) is 0.524. The van der Waals surface area contributed by atoms with Crippen LogP contribution in [0.15, 0.2) is 72.9 Å². The summed E-state index contributed by atoms with van der Waals surface area (Å²) in [6, 6.07) is 18.2. The largest absolute Gasteiger partial charge is 0.483 e. The van der Waals surface area contributed by atoms with E-state index in [0.717, 1.165) is 22.4 Å². The van der Waals surface area contributed by atoms with E-state index in [0.29, 0.717) is 18.8 Å². The smallest absolute Gasteiger partial charge is 0.407 e. The van der Waals surface area contributed by atoms with Crippen LogP contribution < -0.4 is 20.8 Å².